The van der Waals surface area contributed by atoms with Crippen LogP contribution >= 0.6 is 23.5 Å². The van der Waals surface area contributed by atoms with Crippen LogP contribution in [-0.2, 0) is 19.1 Å². The van der Waals surface area contributed by atoms with Crippen LogP contribution in [0.1, 0.15) is 6.42 Å². The molecule has 2 rings (SSSR count). The quantitative estimate of drug-likeness (QED) is 0.471. The van der Waals surface area contributed by atoms with Crippen molar-refractivity contribution in [3.05, 3.63) is 23.3 Å². The summed E-state index contributed by atoms with van der Waals surface area (Å²) in [5, 5.41) is 8.92. The third-order valence-corrected chi connectivity index (χ3v) is 5.18. The third-order valence-electron chi connectivity index (χ3n) is 2.64. The molecule has 102 valence electrons. The van der Waals surface area contributed by atoms with Crippen LogP contribution in [0.25, 0.3) is 0 Å². The van der Waals surface area contributed by atoms with Crippen molar-refractivity contribution >= 4 is 41.4 Å². The summed E-state index contributed by atoms with van der Waals surface area (Å²) in [4.78, 5) is 35.2. The number of thioether (sulfide) groups is 2. The minimum absolute atomic E-state index is 0.0323. The van der Waals surface area contributed by atoms with Crippen molar-refractivity contribution in [3.63, 3.8) is 0 Å². The molecule has 2 aliphatic rings. The number of methoxy groups -OCH3 is 1. The van der Waals surface area contributed by atoms with Gasteiger partial charge in [0, 0.05) is 0 Å². The molecule has 1 saturated heterocycles. The van der Waals surface area contributed by atoms with E-state index < -0.39 is 11.9 Å². The topological polar surface area (TPSA) is 83.9 Å². The minimum Gasteiger partial charge on any atom is -0.477 e. The van der Waals surface area contributed by atoms with Crippen LogP contribution in [0.3, 0.4) is 0 Å². The molecule has 0 saturated carbocycles. The maximum Gasteiger partial charge on any atom is 0.352 e. The lowest BCUT2D eigenvalue weighted by Crippen LogP contribution is -2.53. The van der Waals surface area contributed by atoms with Gasteiger partial charge in [-0.15, -0.1) is 23.5 Å². The molecule has 2 aliphatic heterocycles. The Morgan fingerprint density at radius 3 is 2.84 bits per heavy atom. The largest absolute Gasteiger partial charge is 0.477 e. The van der Waals surface area contributed by atoms with Crippen LogP contribution in [0.2, 0.25) is 0 Å². The van der Waals surface area contributed by atoms with Gasteiger partial charge < -0.3 is 9.84 Å². The minimum atomic E-state index is -1.15. The molecule has 0 aromatic rings. The predicted molar refractivity (Wildman–Crippen MR) is 71.1 cm³/mol. The maximum atomic E-state index is 11.4. The standard InChI is InChI=1S/C11H11NO5S2/c1-5(11(16)17-2)18-9-3-6(10(14)15)12-7(13)4-8(12)19-9/h3,8-9H,1,4H2,2H3,(H,14,15)/t8-,9?/m1/s1. The average molecular weight is 301 g/mol. The number of aliphatic carboxylic acids is 1. The van der Waals surface area contributed by atoms with E-state index in [-0.39, 0.29) is 26.5 Å². The van der Waals surface area contributed by atoms with Crippen LogP contribution in [-0.4, -0.2) is 44.9 Å². The second-order valence-corrected chi connectivity index (χ2v) is 6.68. The van der Waals surface area contributed by atoms with Gasteiger partial charge in [-0.05, 0) is 6.08 Å². The van der Waals surface area contributed by atoms with Crippen LogP contribution in [0, 0.1) is 0 Å². The van der Waals surface area contributed by atoms with E-state index in [0.717, 1.165) is 11.8 Å². The lowest BCUT2D eigenvalue weighted by atomic mass is 10.1. The zero-order valence-electron chi connectivity index (χ0n) is 9.99. The SMILES string of the molecule is C=C(SC1C=C(C(=O)O)N2C(=O)C[C@H]2S1)C(=O)OC. The number of amides is 1. The van der Waals surface area contributed by atoms with Crippen molar-refractivity contribution < 1.29 is 24.2 Å². The lowest BCUT2D eigenvalue weighted by molar-refractivity contribution is -0.146. The number of carboxylic acid groups (broad SMARTS) is 1. The molecule has 2 atom stereocenters. The summed E-state index contributed by atoms with van der Waals surface area (Å²) >= 11 is 2.55. The number of fused-ring (bicyclic) bond motifs is 1. The van der Waals surface area contributed by atoms with Gasteiger partial charge in [0.15, 0.2) is 0 Å². The van der Waals surface area contributed by atoms with Gasteiger partial charge in [0.05, 0.1) is 28.4 Å². The Labute approximate surface area is 117 Å². The summed E-state index contributed by atoms with van der Waals surface area (Å²) in [7, 11) is 1.26. The van der Waals surface area contributed by atoms with Gasteiger partial charge in [-0.25, -0.2) is 9.59 Å². The highest BCUT2D eigenvalue weighted by Gasteiger charge is 2.45. The molecule has 0 radical (unpaired) electrons. The van der Waals surface area contributed by atoms with Gasteiger partial charge in [0.1, 0.15) is 5.70 Å². The summed E-state index contributed by atoms with van der Waals surface area (Å²) in [6, 6.07) is 0. The number of carboxylic acids is 1. The van der Waals surface area contributed by atoms with E-state index in [2.05, 4.69) is 11.3 Å². The third kappa shape index (κ3) is 2.64. The van der Waals surface area contributed by atoms with E-state index in [4.69, 9.17) is 5.11 Å². The average Bonchev–Trinajstić information content (AvgIpc) is 2.35. The molecule has 1 unspecified atom stereocenters. The molecule has 0 aromatic heterocycles. The number of hydrogen-bond donors (Lipinski definition) is 1. The van der Waals surface area contributed by atoms with Gasteiger partial charge in [-0.2, -0.15) is 0 Å². The van der Waals surface area contributed by atoms with Crippen molar-refractivity contribution in [2.45, 2.75) is 16.4 Å². The fourth-order valence-corrected chi connectivity index (χ4v) is 4.45. The number of hydrogen-bond acceptors (Lipinski definition) is 6. The van der Waals surface area contributed by atoms with E-state index in [0.29, 0.717) is 6.42 Å². The molecule has 0 bridgehead atoms. The van der Waals surface area contributed by atoms with Gasteiger partial charge >= 0.3 is 11.9 Å². The molecule has 0 spiro atoms. The van der Waals surface area contributed by atoms with Crippen molar-refractivity contribution in [1.29, 1.82) is 0 Å². The normalized spacial score (nSPS) is 25.0. The molecule has 2 heterocycles. The van der Waals surface area contributed by atoms with Crippen molar-refractivity contribution in [1.82, 2.24) is 4.90 Å². The van der Waals surface area contributed by atoms with E-state index in [1.165, 1.54) is 29.8 Å². The fraction of sp³-hybridized carbons (Fsp3) is 0.364. The molecule has 0 aliphatic carbocycles. The Balaban J connectivity index is 2.13. The second-order valence-electron chi connectivity index (χ2n) is 3.82. The highest BCUT2D eigenvalue weighted by Crippen LogP contribution is 2.45. The van der Waals surface area contributed by atoms with Gasteiger partial charge in [-0.3, -0.25) is 9.69 Å². The summed E-state index contributed by atoms with van der Waals surface area (Å²) in [5.41, 5.74) is -0.0323. The Morgan fingerprint density at radius 1 is 1.63 bits per heavy atom. The second kappa shape index (κ2) is 5.30. The molecule has 1 N–H and O–H groups in total. The number of esters is 1. The zero-order chi connectivity index (χ0) is 14.2. The highest BCUT2D eigenvalue weighted by molar-refractivity contribution is 8.19. The van der Waals surface area contributed by atoms with Crippen molar-refractivity contribution in [3.8, 4) is 0 Å². The monoisotopic (exact) mass is 301 g/mol. The molecular formula is C11H11NO5S2. The van der Waals surface area contributed by atoms with Crippen LogP contribution in [0.15, 0.2) is 23.3 Å². The number of β-lactam (4-membered cyclic amide) rings is 1. The molecule has 6 nitrogen and oxygen atoms in total. The Kier molecular flexibility index (Phi) is 3.91. The Morgan fingerprint density at radius 2 is 2.32 bits per heavy atom. The number of carbonyl (C=O) groups excluding carboxylic acids is 2. The molecule has 0 aromatic carbocycles. The molecular weight excluding hydrogens is 290 g/mol. The lowest BCUT2D eigenvalue weighted by Gasteiger charge is -2.44. The first-order chi connectivity index (χ1) is 8.93. The molecule has 19 heavy (non-hydrogen) atoms. The number of carbonyl (C=O) groups is 3. The van der Waals surface area contributed by atoms with Crippen LogP contribution in [0.4, 0.5) is 0 Å². The van der Waals surface area contributed by atoms with Gasteiger partial charge in [-0.1, -0.05) is 6.58 Å². The Hall–Kier alpha value is -1.41. The van der Waals surface area contributed by atoms with Crippen LogP contribution < -0.4 is 0 Å². The fourth-order valence-electron chi connectivity index (χ4n) is 1.73. The van der Waals surface area contributed by atoms with Gasteiger partial charge in [0.25, 0.3) is 0 Å². The zero-order valence-corrected chi connectivity index (χ0v) is 11.6. The van der Waals surface area contributed by atoms with Crippen molar-refractivity contribution in [2.75, 3.05) is 7.11 Å². The first-order valence-corrected chi connectivity index (χ1v) is 7.12. The van der Waals surface area contributed by atoms with E-state index in [1.54, 1.807) is 0 Å². The summed E-state index contributed by atoms with van der Waals surface area (Å²) < 4.78 is 4.27. The number of ether oxygens (including phenoxy) is 1. The number of rotatable bonds is 4. The van der Waals surface area contributed by atoms with Crippen LogP contribution in [0.5, 0.6) is 0 Å². The smallest absolute Gasteiger partial charge is 0.352 e. The first-order valence-electron chi connectivity index (χ1n) is 5.30. The summed E-state index contributed by atoms with van der Waals surface area (Å²) in [6.45, 7) is 3.58. The van der Waals surface area contributed by atoms with E-state index in [9.17, 15) is 14.4 Å². The van der Waals surface area contributed by atoms with E-state index in [1.807, 2.05) is 0 Å². The van der Waals surface area contributed by atoms with Crippen molar-refractivity contribution in [2.24, 2.45) is 0 Å². The molecule has 1 amide bonds. The van der Waals surface area contributed by atoms with Gasteiger partial charge in [0.2, 0.25) is 5.91 Å². The number of nitrogens with zero attached hydrogens (tertiary/aromatic N) is 1. The summed E-state index contributed by atoms with van der Waals surface area (Å²) in [6.07, 6.45) is 1.77. The molecule has 8 heteroatoms. The predicted octanol–water partition coefficient (Wildman–Crippen LogP) is 1.01. The maximum absolute atomic E-state index is 11.4. The summed E-state index contributed by atoms with van der Waals surface area (Å²) in [5.74, 6) is -1.88. The Bertz CT molecular complexity index is 501. The van der Waals surface area contributed by atoms with E-state index >= 15 is 0 Å². The molecule has 1 fully saturated rings. The highest BCUT2D eigenvalue weighted by atomic mass is 32.2. The first kappa shape index (κ1) is 14.0.